The van der Waals surface area contributed by atoms with Gasteiger partial charge in [0.25, 0.3) is 5.91 Å². The second kappa shape index (κ2) is 7.95. The molecule has 0 saturated carbocycles. The minimum Gasteiger partial charge on any atom is -0.487 e. The zero-order valence-electron chi connectivity index (χ0n) is 14.9. The van der Waals surface area contributed by atoms with Crippen molar-refractivity contribution < 1.29 is 18.8 Å². The minimum atomic E-state index is -0.641. The van der Waals surface area contributed by atoms with Crippen LogP contribution in [0.3, 0.4) is 0 Å². The lowest BCUT2D eigenvalue weighted by Gasteiger charge is -2.26. The van der Waals surface area contributed by atoms with E-state index >= 15 is 0 Å². The number of nitrogens with one attached hydrogen (secondary N) is 1. The van der Waals surface area contributed by atoms with Gasteiger partial charge in [0.2, 0.25) is 0 Å². The number of rotatable bonds is 7. The number of hydrogen-bond donors (Lipinski definition) is 1. The van der Waals surface area contributed by atoms with Crippen LogP contribution >= 0.6 is 0 Å². The van der Waals surface area contributed by atoms with E-state index in [1.165, 1.54) is 24.3 Å². The lowest BCUT2D eigenvalue weighted by molar-refractivity contribution is -0.385. The van der Waals surface area contributed by atoms with Gasteiger partial charge in [0.15, 0.2) is 5.75 Å². The topological polar surface area (TPSA) is 81.5 Å². The van der Waals surface area contributed by atoms with Crippen LogP contribution in [0, 0.1) is 15.9 Å². The Morgan fingerprint density at radius 3 is 2.58 bits per heavy atom. The van der Waals surface area contributed by atoms with Crippen LogP contribution in [0.2, 0.25) is 0 Å². The van der Waals surface area contributed by atoms with Gasteiger partial charge in [-0.05, 0) is 30.7 Å². The highest BCUT2D eigenvalue weighted by molar-refractivity contribution is 5.95. The molecule has 2 aromatic carbocycles. The molecular weight excluding hydrogens is 339 g/mol. The number of carbonyl (C=O) groups excluding carboxylic acids is 1. The Morgan fingerprint density at radius 1 is 1.27 bits per heavy atom. The van der Waals surface area contributed by atoms with E-state index in [0.717, 1.165) is 0 Å². The molecule has 0 atom stereocenters. The van der Waals surface area contributed by atoms with Crippen molar-refractivity contribution >= 4 is 11.6 Å². The molecule has 0 saturated heterocycles. The molecule has 138 valence electrons. The number of carbonyl (C=O) groups is 1. The number of amides is 1. The second-order valence-electron chi connectivity index (χ2n) is 6.42. The van der Waals surface area contributed by atoms with Gasteiger partial charge in [0.1, 0.15) is 5.82 Å². The predicted octanol–water partition coefficient (Wildman–Crippen LogP) is 3.84. The van der Waals surface area contributed by atoms with E-state index in [9.17, 15) is 19.3 Å². The number of ether oxygens (including phenoxy) is 1. The Hall–Kier alpha value is -2.96. The Labute approximate surface area is 151 Å². The van der Waals surface area contributed by atoms with Crippen LogP contribution in [-0.4, -0.2) is 24.0 Å². The number of nitro groups is 1. The quantitative estimate of drug-likeness (QED) is 0.601. The van der Waals surface area contributed by atoms with Gasteiger partial charge in [0.05, 0.1) is 11.5 Å². The van der Waals surface area contributed by atoms with Gasteiger partial charge < -0.3 is 10.1 Å². The first-order valence-corrected chi connectivity index (χ1v) is 8.20. The average molecular weight is 360 g/mol. The van der Waals surface area contributed by atoms with Gasteiger partial charge in [-0.15, -0.1) is 0 Å². The number of benzene rings is 2. The summed E-state index contributed by atoms with van der Waals surface area (Å²) >= 11 is 0. The predicted molar refractivity (Wildman–Crippen MR) is 96.0 cm³/mol. The van der Waals surface area contributed by atoms with E-state index in [1.54, 1.807) is 25.1 Å². The molecule has 0 radical (unpaired) electrons. The van der Waals surface area contributed by atoms with Gasteiger partial charge in [-0.25, -0.2) is 4.39 Å². The van der Waals surface area contributed by atoms with Crippen molar-refractivity contribution in [3.8, 4) is 5.75 Å². The highest BCUT2D eigenvalue weighted by Gasteiger charge is 2.25. The van der Waals surface area contributed by atoms with Gasteiger partial charge >= 0.3 is 5.69 Å². The molecule has 0 heterocycles. The van der Waals surface area contributed by atoms with Crippen LogP contribution in [0.5, 0.6) is 5.75 Å². The van der Waals surface area contributed by atoms with E-state index in [1.807, 2.05) is 13.8 Å². The zero-order valence-corrected chi connectivity index (χ0v) is 14.9. The molecule has 2 aromatic rings. The SMILES string of the molecule is CCOc1ccc(C(=O)NCC(C)(C)c2ccccc2F)cc1[N+](=O)[O-]. The monoisotopic (exact) mass is 360 g/mol. The third kappa shape index (κ3) is 4.36. The van der Waals surface area contributed by atoms with Crippen molar-refractivity contribution in [2.75, 3.05) is 13.2 Å². The Bertz CT molecular complexity index is 821. The molecule has 2 rings (SSSR count). The standard InChI is InChI=1S/C19H21FN2O4/c1-4-26-17-10-9-13(11-16(17)22(24)25)18(23)21-12-19(2,3)14-7-5-6-8-15(14)20/h5-11H,4,12H2,1-3H3,(H,21,23). The lowest BCUT2D eigenvalue weighted by atomic mass is 9.84. The first-order chi connectivity index (χ1) is 12.3. The molecular formula is C19H21FN2O4. The molecule has 7 heteroatoms. The molecule has 1 amide bonds. The van der Waals surface area contributed by atoms with Gasteiger partial charge in [-0.1, -0.05) is 32.0 Å². The lowest BCUT2D eigenvalue weighted by Crippen LogP contribution is -2.37. The summed E-state index contributed by atoms with van der Waals surface area (Å²) in [6.45, 7) is 5.80. The van der Waals surface area contributed by atoms with Crippen molar-refractivity contribution in [3.05, 3.63) is 69.5 Å². The van der Waals surface area contributed by atoms with Crippen LogP contribution in [0.25, 0.3) is 0 Å². The van der Waals surface area contributed by atoms with Crippen molar-refractivity contribution in [1.29, 1.82) is 0 Å². The largest absolute Gasteiger partial charge is 0.487 e. The van der Waals surface area contributed by atoms with E-state index in [-0.39, 0.29) is 36.0 Å². The van der Waals surface area contributed by atoms with Crippen LogP contribution in [0.4, 0.5) is 10.1 Å². The number of nitrogens with zero attached hydrogens (tertiary/aromatic N) is 1. The first kappa shape index (κ1) is 19.4. The third-order valence-electron chi connectivity index (χ3n) is 4.01. The Morgan fingerprint density at radius 2 is 1.96 bits per heavy atom. The van der Waals surface area contributed by atoms with Crippen molar-refractivity contribution in [2.45, 2.75) is 26.2 Å². The van der Waals surface area contributed by atoms with E-state index < -0.39 is 16.2 Å². The third-order valence-corrected chi connectivity index (χ3v) is 4.01. The molecule has 26 heavy (non-hydrogen) atoms. The molecule has 0 aromatic heterocycles. The van der Waals surface area contributed by atoms with Crippen LogP contribution in [-0.2, 0) is 5.41 Å². The zero-order chi connectivity index (χ0) is 19.3. The second-order valence-corrected chi connectivity index (χ2v) is 6.42. The van der Waals surface area contributed by atoms with E-state index in [2.05, 4.69) is 5.32 Å². The highest BCUT2D eigenvalue weighted by Crippen LogP contribution is 2.28. The Balaban J connectivity index is 2.16. The summed E-state index contributed by atoms with van der Waals surface area (Å²) in [4.78, 5) is 23.0. The number of hydrogen-bond acceptors (Lipinski definition) is 4. The van der Waals surface area contributed by atoms with Crippen LogP contribution in [0.15, 0.2) is 42.5 Å². The van der Waals surface area contributed by atoms with Gasteiger partial charge in [-0.3, -0.25) is 14.9 Å². The number of halogens is 1. The fraction of sp³-hybridized carbons (Fsp3) is 0.316. The van der Waals surface area contributed by atoms with Gasteiger partial charge in [-0.2, -0.15) is 0 Å². The molecule has 0 aliphatic heterocycles. The first-order valence-electron chi connectivity index (χ1n) is 8.20. The highest BCUT2D eigenvalue weighted by atomic mass is 19.1. The number of nitro benzene ring substituents is 1. The smallest absolute Gasteiger partial charge is 0.311 e. The van der Waals surface area contributed by atoms with E-state index in [0.29, 0.717) is 5.56 Å². The van der Waals surface area contributed by atoms with Gasteiger partial charge in [0, 0.05) is 23.6 Å². The summed E-state index contributed by atoms with van der Waals surface area (Å²) < 4.78 is 19.2. The molecule has 0 unspecified atom stereocenters. The maximum absolute atomic E-state index is 14.0. The summed E-state index contributed by atoms with van der Waals surface area (Å²) in [6, 6.07) is 10.4. The molecule has 0 spiro atoms. The maximum Gasteiger partial charge on any atom is 0.311 e. The summed E-state index contributed by atoms with van der Waals surface area (Å²) in [6.07, 6.45) is 0. The summed E-state index contributed by atoms with van der Waals surface area (Å²) in [7, 11) is 0. The van der Waals surface area contributed by atoms with Crippen LogP contribution < -0.4 is 10.1 Å². The Kier molecular flexibility index (Phi) is 5.92. The molecule has 0 bridgehead atoms. The summed E-state index contributed by atoms with van der Waals surface area (Å²) in [5.41, 5.74) is -0.284. The fourth-order valence-electron chi connectivity index (χ4n) is 2.59. The molecule has 0 aliphatic rings. The normalized spacial score (nSPS) is 11.1. The van der Waals surface area contributed by atoms with Crippen molar-refractivity contribution in [1.82, 2.24) is 5.32 Å². The molecule has 0 fully saturated rings. The summed E-state index contributed by atoms with van der Waals surface area (Å²) in [5, 5.41) is 13.9. The van der Waals surface area contributed by atoms with Crippen molar-refractivity contribution in [2.24, 2.45) is 0 Å². The van der Waals surface area contributed by atoms with E-state index in [4.69, 9.17) is 4.74 Å². The minimum absolute atomic E-state index is 0.112. The maximum atomic E-state index is 14.0. The average Bonchev–Trinajstić information content (AvgIpc) is 2.60. The fourth-order valence-corrected chi connectivity index (χ4v) is 2.59. The van der Waals surface area contributed by atoms with Crippen molar-refractivity contribution in [3.63, 3.8) is 0 Å². The summed E-state index contributed by atoms with van der Waals surface area (Å²) in [5.74, 6) is -0.704. The molecule has 0 aliphatic carbocycles. The molecule has 1 N–H and O–H groups in total. The van der Waals surface area contributed by atoms with Crippen LogP contribution in [0.1, 0.15) is 36.7 Å². The molecule has 6 nitrogen and oxygen atoms in total.